The van der Waals surface area contributed by atoms with E-state index in [4.69, 9.17) is 10.5 Å². The molecule has 2 atom stereocenters. The molecule has 1 aliphatic carbocycles. The van der Waals surface area contributed by atoms with Gasteiger partial charge in [-0.05, 0) is 19.1 Å². The van der Waals surface area contributed by atoms with E-state index in [1.54, 1.807) is 13.8 Å². The summed E-state index contributed by atoms with van der Waals surface area (Å²) in [5, 5.41) is 12.2. The summed E-state index contributed by atoms with van der Waals surface area (Å²) in [6.07, 6.45) is 1.09. The molecule has 1 heterocycles. The van der Waals surface area contributed by atoms with Crippen LogP contribution in [0.25, 0.3) is 0 Å². The summed E-state index contributed by atoms with van der Waals surface area (Å²) in [5.41, 5.74) is 3.08. The van der Waals surface area contributed by atoms with Crippen LogP contribution in [0.5, 0.6) is 0 Å². The predicted octanol–water partition coefficient (Wildman–Crippen LogP) is 0.569. The molecule has 130 valence electrons. The molecule has 1 fully saturated rings. The highest BCUT2D eigenvalue weighted by atomic mass is 16.5. The van der Waals surface area contributed by atoms with Gasteiger partial charge in [-0.1, -0.05) is 13.8 Å². The Morgan fingerprint density at radius 3 is 2.50 bits per heavy atom. The van der Waals surface area contributed by atoms with Crippen LogP contribution in [0.2, 0.25) is 0 Å². The van der Waals surface area contributed by atoms with Crippen molar-refractivity contribution in [1.29, 1.82) is 0 Å². The molecular weight excluding hydrogens is 314 g/mol. The maximum absolute atomic E-state index is 12.4. The Kier molecular flexibility index (Phi) is 4.61. The zero-order valence-electron chi connectivity index (χ0n) is 13.8. The molecule has 4 N–H and O–H groups in total. The monoisotopic (exact) mass is 335 g/mol. The number of nitrogens with two attached hydrogens (primary N) is 1. The smallest absolute Gasteiger partial charge is 0.330 e. The lowest BCUT2D eigenvalue weighted by atomic mass is 9.54. The molecule has 2 unspecified atom stereocenters. The fourth-order valence-electron chi connectivity index (χ4n) is 2.97. The van der Waals surface area contributed by atoms with Crippen molar-refractivity contribution in [2.75, 3.05) is 6.61 Å². The van der Waals surface area contributed by atoms with E-state index >= 15 is 0 Å². The van der Waals surface area contributed by atoms with E-state index in [0.29, 0.717) is 6.61 Å². The average molecular weight is 335 g/mol. The molecule has 0 saturated heterocycles. The molecule has 0 radical (unpaired) electrons. The molecule has 0 aromatic carbocycles. The van der Waals surface area contributed by atoms with Crippen LogP contribution in [-0.2, 0) is 9.53 Å². The number of aromatic nitrogens is 1. The van der Waals surface area contributed by atoms with Gasteiger partial charge in [0.05, 0.1) is 11.7 Å². The van der Waals surface area contributed by atoms with E-state index < -0.39 is 28.7 Å². The highest BCUT2D eigenvalue weighted by molar-refractivity contribution is 5.98. The van der Waals surface area contributed by atoms with Crippen LogP contribution in [0.1, 0.15) is 48.0 Å². The van der Waals surface area contributed by atoms with Crippen molar-refractivity contribution in [2.45, 2.75) is 38.8 Å². The molecular formula is C16H21N3O5. The summed E-state index contributed by atoms with van der Waals surface area (Å²) >= 11 is 0. The van der Waals surface area contributed by atoms with Crippen LogP contribution in [0, 0.1) is 5.41 Å². The second-order valence-corrected chi connectivity index (χ2v) is 6.33. The van der Waals surface area contributed by atoms with Crippen LogP contribution >= 0.6 is 0 Å². The van der Waals surface area contributed by atoms with E-state index in [1.165, 1.54) is 18.3 Å². The second kappa shape index (κ2) is 6.20. The molecule has 1 aliphatic rings. The Bertz CT molecular complexity index is 671. The maximum Gasteiger partial charge on any atom is 0.330 e. The van der Waals surface area contributed by atoms with E-state index in [0.717, 1.165) is 0 Å². The van der Waals surface area contributed by atoms with Crippen molar-refractivity contribution in [3.05, 3.63) is 29.6 Å². The molecule has 2 amide bonds. The number of nitrogens with one attached hydrogen (secondary N) is 1. The van der Waals surface area contributed by atoms with Crippen LogP contribution < -0.4 is 11.1 Å². The number of nitrogens with zero attached hydrogens (tertiary/aromatic N) is 1. The van der Waals surface area contributed by atoms with E-state index in [1.807, 2.05) is 6.92 Å². The van der Waals surface area contributed by atoms with Crippen LogP contribution in [-0.4, -0.2) is 46.1 Å². The van der Waals surface area contributed by atoms with Gasteiger partial charge in [0.2, 0.25) is 5.91 Å². The third-order valence-corrected chi connectivity index (χ3v) is 4.74. The Balaban J connectivity index is 2.21. The standard InChI is InChI=1S/C16H21N3O5/c1-4-24-11-7-16(14(22)23,15(11,2)3)19-13(21)10-6-5-9(8-18-10)12(17)20/h5-6,8,11H,4,7H2,1-3H3,(H2,17,20)(H,19,21)(H,22,23). The van der Waals surface area contributed by atoms with Gasteiger partial charge in [0.15, 0.2) is 0 Å². The van der Waals surface area contributed by atoms with Crippen molar-refractivity contribution >= 4 is 17.8 Å². The molecule has 1 saturated carbocycles. The highest BCUT2D eigenvalue weighted by Crippen LogP contribution is 2.51. The first-order valence-electron chi connectivity index (χ1n) is 7.59. The molecule has 8 nitrogen and oxygen atoms in total. The summed E-state index contributed by atoms with van der Waals surface area (Å²) in [6, 6.07) is 2.70. The number of rotatable bonds is 6. The lowest BCUT2D eigenvalue weighted by molar-refractivity contribution is -0.190. The first-order chi connectivity index (χ1) is 11.2. The van der Waals surface area contributed by atoms with Crippen LogP contribution in [0.4, 0.5) is 0 Å². The number of hydrogen-bond donors (Lipinski definition) is 3. The molecule has 2 rings (SSSR count). The lowest BCUT2D eigenvalue weighted by Crippen LogP contribution is -2.76. The van der Waals surface area contributed by atoms with Crippen LogP contribution in [0.3, 0.4) is 0 Å². The predicted molar refractivity (Wildman–Crippen MR) is 84.4 cm³/mol. The van der Waals surface area contributed by atoms with E-state index in [-0.39, 0.29) is 23.8 Å². The number of ether oxygens (including phenoxy) is 1. The van der Waals surface area contributed by atoms with Crippen molar-refractivity contribution in [3.63, 3.8) is 0 Å². The first-order valence-corrected chi connectivity index (χ1v) is 7.59. The van der Waals surface area contributed by atoms with Gasteiger partial charge in [-0.2, -0.15) is 0 Å². The van der Waals surface area contributed by atoms with E-state index in [2.05, 4.69) is 10.3 Å². The lowest BCUT2D eigenvalue weighted by Gasteiger charge is -2.58. The Morgan fingerprint density at radius 1 is 1.42 bits per heavy atom. The van der Waals surface area contributed by atoms with Crippen molar-refractivity contribution in [2.24, 2.45) is 11.1 Å². The van der Waals surface area contributed by atoms with E-state index in [9.17, 15) is 19.5 Å². The molecule has 0 aliphatic heterocycles. The Labute approximate surface area is 139 Å². The zero-order chi connectivity index (χ0) is 18.1. The first kappa shape index (κ1) is 17.9. The maximum atomic E-state index is 12.4. The third kappa shape index (κ3) is 2.73. The normalized spacial score (nSPS) is 24.7. The van der Waals surface area contributed by atoms with Gasteiger partial charge in [-0.25, -0.2) is 4.79 Å². The molecule has 0 bridgehead atoms. The molecule has 24 heavy (non-hydrogen) atoms. The average Bonchev–Trinajstić information content (AvgIpc) is 2.53. The SMILES string of the molecule is CCOC1CC(NC(=O)c2ccc(C(N)=O)cn2)(C(=O)O)C1(C)C. The number of pyridine rings is 1. The summed E-state index contributed by atoms with van der Waals surface area (Å²) in [4.78, 5) is 39.1. The third-order valence-electron chi connectivity index (χ3n) is 4.74. The van der Waals surface area contributed by atoms with Crippen molar-refractivity contribution in [1.82, 2.24) is 10.3 Å². The van der Waals surface area contributed by atoms with Crippen LogP contribution in [0.15, 0.2) is 18.3 Å². The summed E-state index contributed by atoms with van der Waals surface area (Å²) in [6.45, 7) is 5.79. The highest BCUT2D eigenvalue weighted by Gasteiger charge is 2.66. The summed E-state index contributed by atoms with van der Waals surface area (Å²) < 4.78 is 5.55. The van der Waals surface area contributed by atoms with Gasteiger partial charge in [0.1, 0.15) is 11.2 Å². The molecule has 1 aromatic rings. The summed E-state index contributed by atoms with van der Waals surface area (Å²) in [5.74, 6) is -2.40. The number of carbonyl (C=O) groups is 3. The van der Waals surface area contributed by atoms with Gasteiger partial charge in [-0.3, -0.25) is 14.6 Å². The Morgan fingerprint density at radius 2 is 2.08 bits per heavy atom. The fourth-order valence-corrected chi connectivity index (χ4v) is 2.97. The zero-order valence-corrected chi connectivity index (χ0v) is 13.8. The minimum atomic E-state index is -1.44. The minimum Gasteiger partial charge on any atom is -0.479 e. The second-order valence-electron chi connectivity index (χ2n) is 6.33. The largest absolute Gasteiger partial charge is 0.479 e. The van der Waals surface area contributed by atoms with Gasteiger partial charge in [0.25, 0.3) is 5.91 Å². The van der Waals surface area contributed by atoms with Crippen molar-refractivity contribution in [3.8, 4) is 0 Å². The Hall–Kier alpha value is -2.48. The fraction of sp³-hybridized carbons (Fsp3) is 0.500. The number of aliphatic carboxylic acids is 1. The number of carbonyl (C=O) groups excluding carboxylic acids is 2. The number of primary amides is 1. The van der Waals surface area contributed by atoms with Gasteiger partial charge in [-0.15, -0.1) is 0 Å². The number of carboxylic acid groups (broad SMARTS) is 1. The number of hydrogen-bond acceptors (Lipinski definition) is 5. The van der Waals surface area contributed by atoms with Crippen molar-refractivity contribution < 1.29 is 24.2 Å². The molecule has 8 heteroatoms. The summed E-state index contributed by atoms with van der Waals surface area (Å²) in [7, 11) is 0. The topological polar surface area (TPSA) is 132 Å². The quantitative estimate of drug-likeness (QED) is 0.696. The minimum absolute atomic E-state index is 0.0104. The van der Waals surface area contributed by atoms with Gasteiger partial charge < -0.3 is 20.9 Å². The molecule has 1 aromatic heterocycles. The van der Waals surface area contributed by atoms with Gasteiger partial charge in [0, 0.05) is 24.6 Å². The molecule has 0 spiro atoms. The number of amides is 2. The number of carboxylic acids is 1. The van der Waals surface area contributed by atoms with Gasteiger partial charge >= 0.3 is 5.97 Å².